The molecule has 0 heterocycles. The topological polar surface area (TPSA) is 138 Å². The summed E-state index contributed by atoms with van der Waals surface area (Å²) in [5.74, 6) is -1.40. The van der Waals surface area contributed by atoms with Crippen LogP contribution in [0.5, 0.6) is 5.75 Å². The summed E-state index contributed by atoms with van der Waals surface area (Å²) >= 11 is 0. The Morgan fingerprint density at radius 3 is 1.76 bits per heavy atom. The Hall–Kier alpha value is -3.90. The van der Waals surface area contributed by atoms with E-state index in [-0.39, 0.29) is 17.6 Å². The van der Waals surface area contributed by atoms with Crippen molar-refractivity contribution in [1.82, 2.24) is 5.32 Å². The van der Waals surface area contributed by atoms with Crippen molar-refractivity contribution < 1.29 is 42.6 Å². The van der Waals surface area contributed by atoms with Gasteiger partial charge in [-0.3, -0.25) is 4.79 Å². The molecule has 2 amide bonds. The van der Waals surface area contributed by atoms with Gasteiger partial charge in [-0.25, -0.2) is 14.4 Å². The van der Waals surface area contributed by atoms with Gasteiger partial charge in [0.25, 0.3) is 5.91 Å². The number of ether oxygens (including phenoxy) is 4. The van der Waals surface area contributed by atoms with Crippen LogP contribution in [0.15, 0.2) is 48.5 Å². The second-order valence-corrected chi connectivity index (χ2v) is 21.2. The summed E-state index contributed by atoms with van der Waals surface area (Å²) in [7, 11) is -2.03. The Labute approximate surface area is 292 Å². The molecule has 2 atom stereocenters. The normalized spacial score (nSPS) is 13.8. The fourth-order valence-corrected chi connectivity index (χ4v) is 5.00. The molecule has 0 aliphatic heterocycles. The maximum absolute atomic E-state index is 13.5. The summed E-state index contributed by atoms with van der Waals surface area (Å²) in [6, 6.07) is 12.3. The molecule has 0 fully saturated rings. The second kappa shape index (κ2) is 15.8. The molecule has 0 aliphatic carbocycles. The van der Waals surface area contributed by atoms with Gasteiger partial charge in [0.05, 0.1) is 6.61 Å². The highest BCUT2D eigenvalue weighted by molar-refractivity contribution is 6.74. The van der Waals surface area contributed by atoms with Crippen molar-refractivity contribution in [2.45, 2.75) is 137 Å². The van der Waals surface area contributed by atoms with Gasteiger partial charge in [-0.05, 0) is 122 Å². The summed E-state index contributed by atoms with van der Waals surface area (Å²) in [6.45, 7) is 25.7. The van der Waals surface area contributed by atoms with Crippen molar-refractivity contribution in [2.24, 2.45) is 0 Å². The number of hydrogen-bond donors (Lipinski definition) is 2. The van der Waals surface area contributed by atoms with Gasteiger partial charge in [0.1, 0.15) is 22.6 Å². The van der Waals surface area contributed by atoms with E-state index in [1.54, 1.807) is 111 Å². The predicted molar refractivity (Wildman–Crippen MR) is 192 cm³/mol. The summed E-state index contributed by atoms with van der Waals surface area (Å²) in [5.41, 5.74) is -1.24. The third kappa shape index (κ3) is 14.2. The van der Waals surface area contributed by atoms with E-state index >= 15 is 0 Å². The molecule has 0 aromatic heterocycles. The zero-order valence-electron chi connectivity index (χ0n) is 31.7. The molecular formula is C37H56N2O9Si. The van der Waals surface area contributed by atoms with Gasteiger partial charge in [0.2, 0.25) is 8.32 Å². The number of carbonyl (C=O) groups excluding carboxylic acids is 4. The molecule has 0 saturated carbocycles. The molecule has 0 bridgehead atoms. The average molecular weight is 701 g/mol. The first-order valence-electron chi connectivity index (χ1n) is 16.4. The molecule has 272 valence electrons. The van der Waals surface area contributed by atoms with Crippen LogP contribution in [-0.4, -0.2) is 61.2 Å². The van der Waals surface area contributed by atoms with Gasteiger partial charge < -0.3 is 34.0 Å². The molecule has 0 unspecified atom stereocenters. The van der Waals surface area contributed by atoms with Crippen molar-refractivity contribution >= 4 is 37.9 Å². The molecule has 0 saturated heterocycles. The number of alkyl carbamates (subject to hydrolysis) is 1. The van der Waals surface area contributed by atoms with Crippen molar-refractivity contribution in [3.8, 4) is 5.75 Å². The summed E-state index contributed by atoms with van der Waals surface area (Å²) in [4.78, 5) is 52.8. The van der Waals surface area contributed by atoms with Crippen molar-refractivity contribution in [3.05, 3.63) is 59.7 Å². The molecule has 11 nitrogen and oxygen atoms in total. The Kier molecular flexibility index (Phi) is 13.3. The third-order valence-electron chi connectivity index (χ3n) is 7.18. The third-order valence-corrected chi connectivity index (χ3v) is 11.5. The van der Waals surface area contributed by atoms with E-state index in [1.165, 1.54) is 0 Å². The number of carbonyl (C=O) groups is 4. The van der Waals surface area contributed by atoms with Crippen LogP contribution in [0.1, 0.15) is 99.0 Å². The van der Waals surface area contributed by atoms with Gasteiger partial charge in [-0.1, -0.05) is 32.9 Å². The van der Waals surface area contributed by atoms with E-state index in [1.807, 2.05) is 0 Å². The largest absolute Gasteiger partial charge is 0.544 e. The Balaban J connectivity index is 2.30. The van der Waals surface area contributed by atoms with Gasteiger partial charge in [0, 0.05) is 11.3 Å². The van der Waals surface area contributed by atoms with Crippen LogP contribution in [0.4, 0.5) is 10.5 Å². The van der Waals surface area contributed by atoms with Crippen molar-refractivity contribution in [1.29, 1.82) is 0 Å². The molecule has 2 aromatic rings. The van der Waals surface area contributed by atoms with Crippen LogP contribution < -0.4 is 15.1 Å². The Bertz CT molecular complexity index is 1460. The minimum absolute atomic E-state index is 0.0376. The van der Waals surface area contributed by atoms with Gasteiger partial charge in [0.15, 0.2) is 12.1 Å². The molecule has 12 heteroatoms. The molecule has 0 spiro atoms. The van der Waals surface area contributed by atoms with Crippen molar-refractivity contribution in [2.75, 3.05) is 5.32 Å². The average Bonchev–Trinajstić information content (AvgIpc) is 2.89. The van der Waals surface area contributed by atoms with Crippen LogP contribution in [0.25, 0.3) is 0 Å². The number of amides is 2. The van der Waals surface area contributed by atoms with E-state index in [4.69, 9.17) is 23.4 Å². The molecule has 2 aromatic carbocycles. The highest BCUT2D eigenvalue weighted by atomic mass is 28.4. The van der Waals surface area contributed by atoms with Crippen LogP contribution in [0.2, 0.25) is 18.1 Å². The number of nitrogens with one attached hydrogen (secondary N) is 2. The number of rotatable bonds is 11. The highest BCUT2D eigenvalue weighted by Gasteiger charge is 2.42. The van der Waals surface area contributed by atoms with Crippen LogP contribution >= 0.6 is 0 Å². The zero-order chi connectivity index (χ0) is 37.6. The summed E-state index contributed by atoms with van der Waals surface area (Å²) in [5, 5.41) is 5.37. The van der Waals surface area contributed by atoms with Gasteiger partial charge in [-0.15, -0.1) is 0 Å². The second-order valence-electron chi connectivity index (χ2n) is 16.5. The van der Waals surface area contributed by atoms with E-state index < -0.39 is 55.3 Å². The standard InChI is InChI=1S/C37H56N2O9Si/c1-34(2,3)45-31(41)28(39-33(43)47-36(7,8)9)29(32(42)46-35(4,5)6)44-23-24-16-15-17-26(22-24)38-30(40)25-18-20-27(21-19-25)48-49(13,14)37(10,11)12/h15-22,28-29H,23H2,1-14H3,(H,38,40)(H,39,43)/t28-,29-/m0/s1. The molecule has 49 heavy (non-hydrogen) atoms. The molecule has 0 aliphatic rings. The monoisotopic (exact) mass is 700 g/mol. The first kappa shape index (κ1) is 41.3. The number of anilines is 1. The van der Waals surface area contributed by atoms with Crippen LogP contribution in [0, 0.1) is 0 Å². The fraction of sp³-hybridized carbons (Fsp3) is 0.568. The van der Waals surface area contributed by atoms with Crippen molar-refractivity contribution in [3.63, 3.8) is 0 Å². The lowest BCUT2D eigenvalue weighted by atomic mass is 10.1. The lowest BCUT2D eigenvalue weighted by Crippen LogP contribution is -2.56. The Morgan fingerprint density at radius 1 is 0.714 bits per heavy atom. The lowest BCUT2D eigenvalue weighted by molar-refractivity contribution is -0.180. The SMILES string of the molecule is CC(C)(C)OC(=O)N[C@H](C(=O)OC(C)(C)C)[C@H](OCc1cccc(NC(=O)c2ccc(O[Si](C)(C)C(C)(C)C)cc2)c1)C(=O)OC(C)(C)C. The van der Waals surface area contributed by atoms with E-state index in [0.29, 0.717) is 22.6 Å². The number of hydrogen-bond acceptors (Lipinski definition) is 9. The summed E-state index contributed by atoms with van der Waals surface area (Å²) in [6.07, 6.45) is -2.54. The first-order valence-corrected chi connectivity index (χ1v) is 19.3. The first-order chi connectivity index (χ1) is 22.2. The maximum Gasteiger partial charge on any atom is 0.408 e. The zero-order valence-corrected chi connectivity index (χ0v) is 32.7. The number of benzene rings is 2. The van der Waals surface area contributed by atoms with E-state index in [2.05, 4.69) is 44.5 Å². The maximum atomic E-state index is 13.5. The minimum Gasteiger partial charge on any atom is -0.544 e. The molecule has 0 radical (unpaired) electrons. The lowest BCUT2D eigenvalue weighted by Gasteiger charge is -2.36. The molecular weight excluding hydrogens is 644 g/mol. The highest BCUT2D eigenvalue weighted by Crippen LogP contribution is 2.37. The number of esters is 2. The molecule has 2 N–H and O–H groups in total. The Morgan fingerprint density at radius 2 is 1.24 bits per heavy atom. The smallest absolute Gasteiger partial charge is 0.408 e. The minimum atomic E-state index is -2.03. The molecule has 2 rings (SSSR count). The van der Waals surface area contributed by atoms with Gasteiger partial charge >= 0.3 is 18.0 Å². The van der Waals surface area contributed by atoms with Crippen LogP contribution in [-0.2, 0) is 35.1 Å². The predicted octanol–water partition coefficient (Wildman–Crippen LogP) is 7.78. The van der Waals surface area contributed by atoms with Gasteiger partial charge in [-0.2, -0.15) is 0 Å². The quantitative estimate of drug-likeness (QED) is 0.137. The van der Waals surface area contributed by atoms with E-state index in [9.17, 15) is 19.2 Å². The fourth-order valence-electron chi connectivity index (χ4n) is 3.97. The van der Waals surface area contributed by atoms with E-state index in [0.717, 1.165) is 0 Å². The van der Waals surface area contributed by atoms with Crippen LogP contribution in [0.3, 0.4) is 0 Å². The summed E-state index contributed by atoms with van der Waals surface area (Å²) < 4.78 is 28.8.